The van der Waals surface area contributed by atoms with E-state index in [2.05, 4.69) is 25.8 Å². The van der Waals surface area contributed by atoms with E-state index in [9.17, 15) is 0 Å². The summed E-state index contributed by atoms with van der Waals surface area (Å²) in [7, 11) is 1.64. The number of pyridine rings is 1. The van der Waals surface area contributed by atoms with Gasteiger partial charge >= 0.3 is 0 Å². The van der Waals surface area contributed by atoms with Crippen LogP contribution in [0.3, 0.4) is 0 Å². The van der Waals surface area contributed by atoms with Gasteiger partial charge in [0.25, 0.3) is 0 Å². The van der Waals surface area contributed by atoms with Crippen LogP contribution in [0.15, 0.2) is 24.3 Å². The predicted molar refractivity (Wildman–Crippen MR) is 72.0 cm³/mol. The van der Waals surface area contributed by atoms with Crippen LogP contribution in [-0.2, 0) is 5.41 Å². The Morgan fingerprint density at radius 1 is 1.18 bits per heavy atom. The van der Waals surface area contributed by atoms with Crippen LogP contribution in [0.4, 0.5) is 0 Å². The smallest absolute Gasteiger partial charge is 0.119 e. The maximum atomic E-state index is 6.30. The molecule has 90 valence electrons. The lowest BCUT2D eigenvalue weighted by atomic mass is 9.91. The highest BCUT2D eigenvalue weighted by Crippen LogP contribution is 2.30. The Labute approximate surface area is 107 Å². The Morgan fingerprint density at radius 2 is 1.88 bits per heavy atom. The maximum absolute atomic E-state index is 6.30. The zero-order valence-electron chi connectivity index (χ0n) is 10.5. The zero-order chi connectivity index (χ0) is 12.6. The van der Waals surface area contributed by atoms with E-state index in [0.717, 1.165) is 27.4 Å². The second-order valence-electron chi connectivity index (χ2n) is 5.12. The van der Waals surface area contributed by atoms with Gasteiger partial charge in [0.05, 0.1) is 17.6 Å². The summed E-state index contributed by atoms with van der Waals surface area (Å²) in [6.45, 7) is 6.38. The minimum absolute atomic E-state index is 0.00222. The van der Waals surface area contributed by atoms with Crippen molar-refractivity contribution in [2.45, 2.75) is 26.2 Å². The van der Waals surface area contributed by atoms with Gasteiger partial charge in [0, 0.05) is 16.5 Å². The molecule has 0 aliphatic carbocycles. The number of ether oxygens (including phenoxy) is 1. The first-order chi connectivity index (χ1) is 7.91. The van der Waals surface area contributed by atoms with E-state index in [1.54, 1.807) is 7.11 Å². The summed E-state index contributed by atoms with van der Waals surface area (Å²) < 4.78 is 5.19. The van der Waals surface area contributed by atoms with Crippen molar-refractivity contribution in [3.8, 4) is 5.75 Å². The number of hydrogen-bond donors (Lipinski definition) is 0. The summed E-state index contributed by atoms with van der Waals surface area (Å²) in [6, 6.07) is 7.69. The van der Waals surface area contributed by atoms with Gasteiger partial charge in [-0.05, 0) is 24.3 Å². The molecule has 0 bridgehead atoms. The molecule has 0 radical (unpaired) electrons. The molecule has 1 heterocycles. The quantitative estimate of drug-likeness (QED) is 0.756. The summed E-state index contributed by atoms with van der Waals surface area (Å²) in [5.74, 6) is 0.796. The Morgan fingerprint density at radius 3 is 2.47 bits per heavy atom. The molecular formula is C14H16ClNO. The highest BCUT2D eigenvalue weighted by molar-refractivity contribution is 6.35. The molecule has 0 atom stereocenters. The molecule has 0 aliphatic heterocycles. The van der Waals surface area contributed by atoms with Crippen LogP contribution < -0.4 is 4.74 Å². The topological polar surface area (TPSA) is 22.1 Å². The van der Waals surface area contributed by atoms with Crippen molar-refractivity contribution in [2.24, 2.45) is 0 Å². The number of rotatable bonds is 1. The van der Waals surface area contributed by atoms with Crippen molar-refractivity contribution in [2.75, 3.05) is 7.11 Å². The van der Waals surface area contributed by atoms with Crippen molar-refractivity contribution in [3.05, 3.63) is 35.0 Å². The Hall–Kier alpha value is -1.28. The second kappa shape index (κ2) is 4.19. The number of halogens is 1. The van der Waals surface area contributed by atoms with E-state index in [1.165, 1.54) is 0 Å². The van der Waals surface area contributed by atoms with Crippen LogP contribution in [0, 0.1) is 0 Å². The molecule has 1 aromatic carbocycles. The van der Waals surface area contributed by atoms with Crippen LogP contribution in [-0.4, -0.2) is 12.1 Å². The zero-order valence-corrected chi connectivity index (χ0v) is 11.3. The lowest BCUT2D eigenvalue weighted by Crippen LogP contribution is -2.13. The van der Waals surface area contributed by atoms with Gasteiger partial charge in [-0.25, -0.2) is 0 Å². The first kappa shape index (κ1) is 12.2. The van der Waals surface area contributed by atoms with Crippen LogP contribution >= 0.6 is 11.6 Å². The molecular weight excluding hydrogens is 234 g/mol. The van der Waals surface area contributed by atoms with Crippen molar-refractivity contribution < 1.29 is 4.74 Å². The third-order valence-corrected chi connectivity index (χ3v) is 3.05. The van der Waals surface area contributed by atoms with E-state index >= 15 is 0 Å². The third-order valence-electron chi connectivity index (χ3n) is 2.73. The maximum Gasteiger partial charge on any atom is 0.119 e. The van der Waals surface area contributed by atoms with Gasteiger partial charge < -0.3 is 4.74 Å². The molecule has 0 unspecified atom stereocenters. The molecule has 1 aromatic heterocycles. The number of hydrogen-bond acceptors (Lipinski definition) is 2. The molecule has 0 saturated carbocycles. The molecule has 0 amide bonds. The van der Waals surface area contributed by atoms with Crippen molar-refractivity contribution in [1.82, 2.24) is 4.98 Å². The van der Waals surface area contributed by atoms with Crippen molar-refractivity contribution in [1.29, 1.82) is 0 Å². The number of aromatic nitrogens is 1. The van der Waals surface area contributed by atoms with E-state index in [4.69, 9.17) is 16.3 Å². The Bertz CT molecular complexity index is 558. The molecule has 0 saturated heterocycles. The van der Waals surface area contributed by atoms with Crippen LogP contribution in [0.5, 0.6) is 5.75 Å². The van der Waals surface area contributed by atoms with E-state index in [-0.39, 0.29) is 5.41 Å². The highest BCUT2D eigenvalue weighted by atomic mass is 35.5. The first-order valence-electron chi connectivity index (χ1n) is 5.56. The summed E-state index contributed by atoms with van der Waals surface area (Å²) in [5, 5.41) is 1.65. The molecule has 2 nitrogen and oxygen atoms in total. The number of benzene rings is 1. The largest absolute Gasteiger partial charge is 0.497 e. The van der Waals surface area contributed by atoms with Crippen LogP contribution in [0.2, 0.25) is 5.02 Å². The number of methoxy groups -OCH3 is 1. The third kappa shape index (κ3) is 2.37. The van der Waals surface area contributed by atoms with Gasteiger partial charge in [-0.1, -0.05) is 32.4 Å². The molecule has 2 rings (SSSR count). The lowest BCUT2D eigenvalue weighted by molar-refractivity contribution is 0.415. The van der Waals surface area contributed by atoms with Crippen molar-refractivity contribution >= 4 is 22.5 Å². The van der Waals surface area contributed by atoms with Crippen LogP contribution in [0.25, 0.3) is 10.9 Å². The summed E-state index contributed by atoms with van der Waals surface area (Å²) in [6.07, 6.45) is 0. The highest BCUT2D eigenvalue weighted by Gasteiger charge is 2.17. The van der Waals surface area contributed by atoms with Crippen LogP contribution in [0.1, 0.15) is 26.5 Å². The molecule has 0 fully saturated rings. The molecule has 0 spiro atoms. The first-order valence-corrected chi connectivity index (χ1v) is 5.94. The normalized spacial score (nSPS) is 11.8. The van der Waals surface area contributed by atoms with Gasteiger partial charge in [-0.3, -0.25) is 4.98 Å². The van der Waals surface area contributed by atoms with Gasteiger partial charge in [-0.2, -0.15) is 0 Å². The minimum atomic E-state index is -0.00222. The summed E-state index contributed by atoms with van der Waals surface area (Å²) >= 11 is 6.30. The van der Waals surface area contributed by atoms with Gasteiger partial charge in [-0.15, -0.1) is 0 Å². The number of nitrogens with zero attached hydrogens (tertiary/aromatic N) is 1. The summed E-state index contributed by atoms with van der Waals surface area (Å²) in [4.78, 5) is 4.64. The molecule has 2 aromatic rings. The van der Waals surface area contributed by atoms with E-state index < -0.39 is 0 Å². The number of fused-ring (bicyclic) bond motifs is 1. The second-order valence-corrected chi connectivity index (χ2v) is 5.53. The van der Waals surface area contributed by atoms with E-state index in [1.807, 2.05) is 24.3 Å². The van der Waals surface area contributed by atoms with Gasteiger partial charge in [0.2, 0.25) is 0 Å². The van der Waals surface area contributed by atoms with Gasteiger partial charge in [0.15, 0.2) is 0 Å². The fourth-order valence-electron chi connectivity index (χ4n) is 1.67. The average Bonchev–Trinajstić information content (AvgIpc) is 2.27. The minimum Gasteiger partial charge on any atom is -0.497 e. The Kier molecular flexibility index (Phi) is 3.00. The van der Waals surface area contributed by atoms with E-state index in [0.29, 0.717) is 0 Å². The SMILES string of the molecule is COc1ccc2nc(C(C)(C)C)cc(Cl)c2c1. The fraction of sp³-hybridized carbons (Fsp3) is 0.357. The standard InChI is InChI=1S/C14H16ClNO/c1-14(2,3)13-8-11(15)10-7-9(17-4)5-6-12(10)16-13/h5-8H,1-4H3. The monoisotopic (exact) mass is 249 g/mol. The molecule has 0 aliphatic rings. The molecule has 0 N–H and O–H groups in total. The molecule has 17 heavy (non-hydrogen) atoms. The molecule has 3 heteroatoms. The van der Waals surface area contributed by atoms with Crippen molar-refractivity contribution in [3.63, 3.8) is 0 Å². The lowest BCUT2D eigenvalue weighted by Gasteiger charge is -2.18. The fourth-order valence-corrected chi connectivity index (χ4v) is 1.93. The van der Waals surface area contributed by atoms with Gasteiger partial charge in [0.1, 0.15) is 5.75 Å². The predicted octanol–water partition coefficient (Wildman–Crippen LogP) is 4.19. The summed E-state index contributed by atoms with van der Waals surface area (Å²) in [5.41, 5.74) is 1.90. The average molecular weight is 250 g/mol. The Balaban J connectivity index is 2.68.